The standard InChI is InChI=1S/C13H19NO3/c15-12(10-5-2-1-3-6-10)14-8-4-7-11(9-14)13(16)17/h1-2,10-11H,3-9H2,(H,16,17). The topological polar surface area (TPSA) is 57.6 Å². The predicted molar refractivity (Wildman–Crippen MR) is 63.4 cm³/mol. The first-order valence-electron chi connectivity index (χ1n) is 6.35. The van der Waals surface area contributed by atoms with Crippen LogP contribution in [0.5, 0.6) is 0 Å². The first-order chi connectivity index (χ1) is 8.18. The lowest BCUT2D eigenvalue weighted by molar-refractivity contribution is -0.146. The molecule has 0 radical (unpaired) electrons. The Balaban J connectivity index is 1.94. The van der Waals surface area contributed by atoms with Crippen LogP contribution in [-0.2, 0) is 9.59 Å². The quantitative estimate of drug-likeness (QED) is 0.743. The molecule has 2 rings (SSSR count). The van der Waals surface area contributed by atoms with Crippen molar-refractivity contribution in [1.29, 1.82) is 0 Å². The molecule has 0 aromatic heterocycles. The fourth-order valence-electron chi connectivity index (χ4n) is 2.65. The van der Waals surface area contributed by atoms with Crippen molar-refractivity contribution >= 4 is 11.9 Å². The number of carboxylic acid groups (broad SMARTS) is 1. The Labute approximate surface area is 101 Å². The van der Waals surface area contributed by atoms with Gasteiger partial charge in [0.05, 0.1) is 5.92 Å². The van der Waals surface area contributed by atoms with Crippen molar-refractivity contribution in [1.82, 2.24) is 4.90 Å². The van der Waals surface area contributed by atoms with Gasteiger partial charge in [-0.1, -0.05) is 12.2 Å². The van der Waals surface area contributed by atoms with Crippen molar-refractivity contribution in [3.63, 3.8) is 0 Å². The Morgan fingerprint density at radius 3 is 2.65 bits per heavy atom. The van der Waals surface area contributed by atoms with E-state index in [0.29, 0.717) is 13.0 Å². The van der Waals surface area contributed by atoms with Crippen LogP contribution >= 0.6 is 0 Å². The summed E-state index contributed by atoms with van der Waals surface area (Å²) in [6.07, 6.45) is 8.36. The molecule has 2 unspecified atom stereocenters. The Kier molecular flexibility index (Phi) is 3.82. The van der Waals surface area contributed by atoms with Crippen LogP contribution in [0.15, 0.2) is 12.2 Å². The third-order valence-corrected chi connectivity index (χ3v) is 3.70. The Morgan fingerprint density at radius 1 is 1.18 bits per heavy atom. The van der Waals surface area contributed by atoms with E-state index in [4.69, 9.17) is 5.11 Å². The number of rotatable bonds is 2. The zero-order chi connectivity index (χ0) is 12.3. The normalized spacial score (nSPS) is 29.1. The highest BCUT2D eigenvalue weighted by Crippen LogP contribution is 2.24. The smallest absolute Gasteiger partial charge is 0.308 e. The van der Waals surface area contributed by atoms with Gasteiger partial charge in [0.2, 0.25) is 5.91 Å². The summed E-state index contributed by atoms with van der Waals surface area (Å²) in [5.74, 6) is -0.911. The van der Waals surface area contributed by atoms with E-state index in [9.17, 15) is 9.59 Å². The number of carboxylic acids is 1. The molecular weight excluding hydrogens is 218 g/mol. The van der Waals surface area contributed by atoms with Gasteiger partial charge in [0.1, 0.15) is 0 Å². The summed E-state index contributed by atoms with van der Waals surface area (Å²) in [4.78, 5) is 24.9. The minimum atomic E-state index is -0.772. The number of amides is 1. The second-order valence-corrected chi connectivity index (χ2v) is 4.94. The lowest BCUT2D eigenvalue weighted by Gasteiger charge is -2.33. The molecule has 17 heavy (non-hydrogen) atoms. The van der Waals surface area contributed by atoms with Crippen molar-refractivity contribution in [2.24, 2.45) is 11.8 Å². The molecule has 1 amide bonds. The molecule has 0 aromatic carbocycles. The second-order valence-electron chi connectivity index (χ2n) is 4.94. The first-order valence-corrected chi connectivity index (χ1v) is 6.35. The molecule has 2 atom stereocenters. The van der Waals surface area contributed by atoms with Gasteiger partial charge in [-0.15, -0.1) is 0 Å². The van der Waals surface area contributed by atoms with Crippen molar-refractivity contribution < 1.29 is 14.7 Å². The van der Waals surface area contributed by atoms with E-state index < -0.39 is 5.97 Å². The Bertz CT molecular complexity index is 338. The Morgan fingerprint density at radius 2 is 2.00 bits per heavy atom. The molecule has 1 N–H and O–H groups in total. The van der Waals surface area contributed by atoms with Crippen molar-refractivity contribution in [3.8, 4) is 0 Å². The van der Waals surface area contributed by atoms with Gasteiger partial charge < -0.3 is 10.0 Å². The maximum absolute atomic E-state index is 12.2. The summed E-state index contributed by atoms with van der Waals surface area (Å²) in [6, 6.07) is 0. The number of hydrogen-bond acceptors (Lipinski definition) is 2. The number of aliphatic carboxylic acids is 1. The minimum Gasteiger partial charge on any atom is -0.481 e. The van der Waals surface area contributed by atoms with E-state index in [2.05, 4.69) is 12.2 Å². The number of carbonyl (C=O) groups excluding carboxylic acids is 1. The van der Waals surface area contributed by atoms with Gasteiger partial charge in [0, 0.05) is 19.0 Å². The van der Waals surface area contributed by atoms with E-state index in [1.165, 1.54) is 0 Å². The number of hydrogen-bond donors (Lipinski definition) is 1. The summed E-state index contributed by atoms with van der Waals surface area (Å²) >= 11 is 0. The average molecular weight is 237 g/mol. The zero-order valence-corrected chi connectivity index (χ0v) is 9.97. The van der Waals surface area contributed by atoms with Gasteiger partial charge in [0.25, 0.3) is 0 Å². The molecule has 0 spiro atoms. The number of nitrogens with zero attached hydrogens (tertiary/aromatic N) is 1. The summed E-state index contributed by atoms with van der Waals surface area (Å²) < 4.78 is 0. The van der Waals surface area contributed by atoms with Crippen LogP contribution in [0, 0.1) is 11.8 Å². The van der Waals surface area contributed by atoms with E-state index in [0.717, 1.165) is 32.2 Å². The molecule has 4 heteroatoms. The third-order valence-electron chi connectivity index (χ3n) is 3.70. The fourth-order valence-corrected chi connectivity index (χ4v) is 2.65. The van der Waals surface area contributed by atoms with Crippen LogP contribution in [0.4, 0.5) is 0 Å². The molecule has 0 saturated carbocycles. The molecule has 1 aliphatic carbocycles. The molecule has 0 bridgehead atoms. The van der Waals surface area contributed by atoms with Crippen LogP contribution in [-0.4, -0.2) is 35.0 Å². The highest BCUT2D eigenvalue weighted by atomic mass is 16.4. The molecule has 1 fully saturated rings. The monoisotopic (exact) mass is 237 g/mol. The van der Waals surface area contributed by atoms with Crippen molar-refractivity contribution in [2.45, 2.75) is 32.1 Å². The molecule has 94 valence electrons. The molecule has 2 aliphatic rings. The van der Waals surface area contributed by atoms with Crippen LogP contribution in [0.25, 0.3) is 0 Å². The zero-order valence-electron chi connectivity index (χ0n) is 9.97. The van der Waals surface area contributed by atoms with Crippen LogP contribution in [0.3, 0.4) is 0 Å². The van der Waals surface area contributed by atoms with E-state index in [1.807, 2.05) is 0 Å². The number of piperidine rings is 1. The largest absolute Gasteiger partial charge is 0.481 e. The summed E-state index contributed by atoms with van der Waals surface area (Å²) in [5.41, 5.74) is 0. The lowest BCUT2D eigenvalue weighted by Crippen LogP contribution is -2.45. The maximum atomic E-state index is 12.2. The Hall–Kier alpha value is -1.32. The molecule has 4 nitrogen and oxygen atoms in total. The summed E-state index contributed by atoms with van der Waals surface area (Å²) in [7, 11) is 0. The van der Waals surface area contributed by atoms with Crippen molar-refractivity contribution in [3.05, 3.63) is 12.2 Å². The molecule has 1 heterocycles. The molecule has 0 aromatic rings. The van der Waals surface area contributed by atoms with Crippen LogP contribution in [0.1, 0.15) is 32.1 Å². The average Bonchev–Trinajstić information content (AvgIpc) is 2.39. The number of allylic oxidation sites excluding steroid dienone is 2. The minimum absolute atomic E-state index is 0.0764. The van der Waals surface area contributed by atoms with Gasteiger partial charge in [-0.05, 0) is 32.1 Å². The predicted octanol–water partition coefficient (Wildman–Crippen LogP) is 1.67. The van der Waals surface area contributed by atoms with Gasteiger partial charge >= 0.3 is 5.97 Å². The number of carbonyl (C=O) groups is 2. The molecule has 1 saturated heterocycles. The van der Waals surface area contributed by atoms with Gasteiger partial charge in [-0.3, -0.25) is 9.59 Å². The maximum Gasteiger partial charge on any atom is 0.308 e. The van der Waals surface area contributed by atoms with Crippen LogP contribution < -0.4 is 0 Å². The van der Waals surface area contributed by atoms with E-state index in [1.54, 1.807) is 4.90 Å². The highest BCUT2D eigenvalue weighted by Gasteiger charge is 2.31. The van der Waals surface area contributed by atoms with Gasteiger partial charge in [-0.25, -0.2) is 0 Å². The molecule has 1 aliphatic heterocycles. The van der Waals surface area contributed by atoms with Crippen LogP contribution in [0.2, 0.25) is 0 Å². The van der Waals surface area contributed by atoms with E-state index >= 15 is 0 Å². The number of likely N-dealkylation sites (tertiary alicyclic amines) is 1. The fraction of sp³-hybridized carbons (Fsp3) is 0.692. The molecular formula is C13H19NO3. The van der Waals surface area contributed by atoms with E-state index in [-0.39, 0.29) is 17.7 Å². The van der Waals surface area contributed by atoms with Gasteiger partial charge in [0.15, 0.2) is 0 Å². The van der Waals surface area contributed by atoms with Crippen molar-refractivity contribution in [2.75, 3.05) is 13.1 Å². The van der Waals surface area contributed by atoms with Gasteiger partial charge in [-0.2, -0.15) is 0 Å². The third kappa shape index (κ3) is 2.87. The highest BCUT2D eigenvalue weighted by molar-refractivity contribution is 5.80. The SMILES string of the molecule is O=C(O)C1CCCN(C(=O)C2CC=CCC2)C1. The first kappa shape index (κ1) is 12.1. The second kappa shape index (κ2) is 5.34. The summed E-state index contributed by atoms with van der Waals surface area (Å²) in [5, 5.41) is 9.00. The summed E-state index contributed by atoms with van der Waals surface area (Å²) in [6.45, 7) is 1.12. The lowest BCUT2D eigenvalue weighted by atomic mass is 9.91.